The Kier molecular flexibility index (Phi) is 7.37. The number of ether oxygens (including phenoxy) is 1. The first-order chi connectivity index (χ1) is 15.2. The van der Waals surface area contributed by atoms with E-state index in [-0.39, 0.29) is 5.91 Å². The summed E-state index contributed by atoms with van der Waals surface area (Å²) in [5.41, 5.74) is 0.912. The lowest BCUT2D eigenvalue weighted by molar-refractivity contribution is -0.132. The van der Waals surface area contributed by atoms with Crippen LogP contribution >= 0.6 is 11.8 Å². The van der Waals surface area contributed by atoms with E-state index in [1.54, 1.807) is 7.11 Å². The van der Waals surface area contributed by atoms with Crippen molar-refractivity contribution in [3.05, 3.63) is 24.3 Å². The maximum atomic E-state index is 13.0. The highest BCUT2D eigenvalue weighted by molar-refractivity contribution is 7.99. The molecule has 0 saturated carbocycles. The smallest absolute Gasteiger partial charge is 0.233 e. The first-order valence-electron chi connectivity index (χ1n) is 11.5. The highest BCUT2D eigenvalue weighted by Crippen LogP contribution is 2.33. The van der Waals surface area contributed by atoms with Crippen LogP contribution in [0.5, 0.6) is 5.75 Å². The molecule has 1 unspecified atom stereocenters. The normalized spacial score (nSPS) is 19.5. The van der Waals surface area contributed by atoms with E-state index in [1.165, 1.54) is 24.6 Å². The highest BCUT2D eigenvalue weighted by Gasteiger charge is 2.27. The minimum atomic E-state index is 0.200. The summed E-state index contributed by atoms with van der Waals surface area (Å²) in [6.45, 7) is 4.99. The van der Waals surface area contributed by atoms with Crippen molar-refractivity contribution in [2.75, 3.05) is 37.4 Å². The van der Waals surface area contributed by atoms with Crippen LogP contribution in [-0.4, -0.2) is 64.1 Å². The molecule has 2 aromatic rings. The molecule has 31 heavy (non-hydrogen) atoms. The van der Waals surface area contributed by atoms with E-state index < -0.39 is 0 Å². The second kappa shape index (κ2) is 10.4. The van der Waals surface area contributed by atoms with E-state index in [1.807, 2.05) is 24.3 Å². The summed E-state index contributed by atoms with van der Waals surface area (Å²) in [7, 11) is 1.68. The van der Waals surface area contributed by atoms with E-state index >= 15 is 0 Å². The molecular formula is C23H33N5O2S. The van der Waals surface area contributed by atoms with E-state index in [9.17, 15) is 4.79 Å². The van der Waals surface area contributed by atoms with Gasteiger partial charge in [0.25, 0.3) is 0 Å². The number of hydrogen-bond donors (Lipinski definition) is 0. The van der Waals surface area contributed by atoms with Gasteiger partial charge in [-0.2, -0.15) is 0 Å². The lowest BCUT2D eigenvalue weighted by Crippen LogP contribution is -2.44. The van der Waals surface area contributed by atoms with Gasteiger partial charge in [0.1, 0.15) is 5.75 Å². The maximum Gasteiger partial charge on any atom is 0.233 e. The fourth-order valence-corrected chi connectivity index (χ4v) is 5.47. The molecule has 4 rings (SSSR count). The van der Waals surface area contributed by atoms with E-state index in [0.717, 1.165) is 74.3 Å². The van der Waals surface area contributed by atoms with Gasteiger partial charge in [0, 0.05) is 25.7 Å². The van der Waals surface area contributed by atoms with Crippen LogP contribution in [0.15, 0.2) is 29.4 Å². The van der Waals surface area contributed by atoms with Crippen molar-refractivity contribution in [2.24, 2.45) is 0 Å². The zero-order valence-electron chi connectivity index (χ0n) is 18.6. The number of amides is 1. The third kappa shape index (κ3) is 4.84. The van der Waals surface area contributed by atoms with Crippen molar-refractivity contribution in [2.45, 2.75) is 63.1 Å². The Hall–Kier alpha value is -2.22. The number of likely N-dealkylation sites (tertiary alicyclic amines) is 1. The number of anilines is 1. The average molecular weight is 444 g/mol. The Bertz CT molecular complexity index is 881. The third-order valence-electron chi connectivity index (χ3n) is 6.32. The first kappa shape index (κ1) is 22.0. The standard InChI is InChI=1S/C23H33N5O2S/c1-3-18-11-7-10-16-27(18)21(29)17-31-23-25-24-22(26-14-8-4-9-15-26)28(23)19-12-5-6-13-20(19)30-2/h5-6,12-13,18H,3-4,7-11,14-17H2,1-2H3. The number of aromatic nitrogens is 3. The minimum absolute atomic E-state index is 0.200. The monoisotopic (exact) mass is 443 g/mol. The van der Waals surface area contributed by atoms with Crippen molar-refractivity contribution < 1.29 is 9.53 Å². The van der Waals surface area contributed by atoms with Crippen LogP contribution in [0.25, 0.3) is 5.69 Å². The van der Waals surface area contributed by atoms with Crippen LogP contribution in [-0.2, 0) is 4.79 Å². The van der Waals surface area contributed by atoms with E-state index in [4.69, 9.17) is 4.74 Å². The van der Waals surface area contributed by atoms with Gasteiger partial charge in [-0.15, -0.1) is 10.2 Å². The highest BCUT2D eigenvalue weighted by atomic mass is 32.2. The molecule has 0 radical (unpaired) electrons. The van der Waals surface area contributed by atoms with Gasteiger partial charge in [-0.3, -0.25) is 9.36 Å². The molecule has 7 nitrogen and oxygen atoms in total. The molecule has 2 aliphatic heterocycles. The quantitative estimate of drug-likeness (QED) is 0.599. The van der Waals surface area contributed by atoms with Gasteiger partial charge in [-0.25, -0.2) is 0 Å². The van der Waals surface area contributed by atoms with Crippen molar-refractivity contribution in [3.63, 3.8) is 0 Å². The zero-order valence-corrected chi connectivity index (χ0v) is 19.4. The molecule has 1 atom stereocenters. The Balaban J connectivity index is 1.60. The van der Waals surface area contributed by atoms with Crippen LogP contribution in [0.4, 0.5) is 5.95 Å². The molecule has 168 valence electrons. The topological polar surface area (TPSA) is 63.5 Å². The summed E-state index contributed by atoms with van der Waals surface area (Å²) in [6, 6.07) is 8.31. The van der Waals surface area contributed by atoms with Crippen molar-refractivity contribution in [1.82, 2.24) is 19.7 Å². The van der Waals surface area contributed by atoms with Gasteiger partial charge in [-0.05, 0) is 57.1 Å². The van der Waals surface area contributed by atoms with Crippen LogP contribution in [0.1, 0.15) is 51.9 Å². The summed E-state index contributed by atoms with van der Waals surface area (Å²) >= 11 is 1.48. The average Bonchev–Trinajstić information content (AvgIpc) is 3.26. The largest absolute Gasteiger partial charge is 0.495 e. The summed E-state index contributed by atoms with van der Waals surface area (Å²) in [4.78, 5) is 17.4. The zero-order chi connectivity index (χ0) is 21.6. The third-order valence-corrected chi connectivity index (χ3v) is 7.24. The number of carbonyl (C=O) groups excluding carboxylic acids is 1. The Morgan fingerprint density at radius 1 is 1.10 bits per heavy atom. The predicted octanol–water partition coefficient (Wildman–Crippen LogP) is 4.15. The van der Waals surface area contributed by atoms with Gasteiger partial charge in [0.05, 0.1) is 18.6 Å². The van der Waals surface area contributed by atoms with Crippen LogP contribution < -0.4 is 9.64 Å². The summed E-state index contributed by atoms with van der Waals surface area (Å²) < 4.78 is 7.70. The number of nitrogens with zero attached hydrogens (tertiary/aromatic N) is 5. The van der Waals surface area contributed by atoms with Crippen LogP contribution in [0, 0.1) is 0 Å². The molecule has 3 heterocycles. The molecule has 8 heteroatoms. The van der Waals surface area contributed by atoms with Crippen molar-refractivity contribution >= 4 is 23.6 Å². The molecule has 1 aromatic heterocycles. The molecule has 2 aliphatic rings. The van der Waals surface area contributed by atoms with Gasteiger partial charge < -0.3 is 14.5 Å². The molecule has 1 amide bonds. The summed E-state index contributed by atoms with van der Waals surface area (Å²) in [6.07, 6.45) is 8.03. The lowest BCUT2D eigenvalue weighted by atomic mass is 10.0. The number of carbonyl (C=O) groups is 1. The van der Waals surface area contributed by atoms with Gasteiger partial charge >= 0.3 is 0 Å². The van der Waals surface area contributed by atoms with Gasteiger partial charge in [0.15, 0.2) is 5.16 Å². The number of piperidine rings is 2. The molecule has 0 bridgehead atoms. The Morgan fingerprint density at radius 3 is 2.65 bits per heavy atom. The number of para-hydroxylation sites is 2. The summed E-state index contributed by atoms with van der Waals surface area (Å²) in [5.74, 6) is 2.19. The molecule has 2 fully saturated rings. The molecule has 0 aliphatic carbocycles. The fourth-order valence-electron chi connectivity index (χ4n) is 4.64. The number of rotatable bonds is 7. The first-order valence-corrected chi connectivity index (χ1v) is 12.5. The molecule has 0 N–H and O–H groups in total. The molecule has 0 spiro atoms. The SMILES string of the molecule is CCC1CCCCN1C(=O)CSc1nnc(N2CCCCC2)n1-c1ccccc1OC. The minimum Gasteiger partial charge on any atom is -0.495 e. The number of benzene rings is 1. The predicted molar refractivity (Wildman–Crippen MR) is 124 cm³/mol. The lowest BCUT2D eigenvalue weighted by Gasteiger charge is -2.35. The number of methoxy groups -OCH3 is 1. The fraction of sp³-hybridized carbons (Fsp3) is 0.609. The Labute approximate surface area is 189 Å². The van der Waals surface area contributed by atoms with Gasteiger partial charge in [-0.1, -0.05) is 30.8 Å². The van der Waals surface area contributed by atoms with Crippen molar-refractivity contribution in [1.29, 1.82) is 0 Å². The Morgan fingerprint density at radius 2 is 1.87 bits per heavy atom. The second-order valence-electron chi connectivity index (χ2n) is 8.27. The number of thioether (sulfide) groups is 1. The summed E-state index contributed by atoms with van der Waals surface area (Å²) in [5, 5.41) is 9.80. The molecule has 1 aromatic carbocycles. The second-order valence-corrected chi connectivity index (χ2v) is 9.21. The molecular weight excluding hydrogens is 410 g/mol. The van der Waals surface area contributed by atoms with E-state index in [2.05, 4.69) is 31.5 Å². The van der Waals surface area contributed by atoms with Crippen LogP contribution in [0.3, 0.4) is 0 Å². The molecule has 2 saturated heterocycles. The number of hydrogen-bond acceptors (Lipinski definition) is 6. The van der Waals surface area contributed by atoms with E-state index in [0.29, 0.717) is 11.8 Å². The van der Waals surface area contributed by atoms with Crippen molar-refractivity contribution in [3.8, 4) is 11.4 Å². The van der Waals surface area contributed by atoms with Gasteiger partial charge in [0.2, 0.25) is 11.9 Å². The van der Waals surface area contributed by atoms with Crippen LogP contribution in [0.2, 0.25) is 0 Å². The maximum absolute atomic E-state index is 13.0.